The molecule has 1 amide bonds. The van der Waals surface area contributed by atoms with Crippen molar-refractivity contribution in [1.29, 1.82) is 0 Å². The number of amides is 1. The van der Waals surface area contributed by atoms with E-state index < -0.39 is 5.54 Å². The molecule has 1 saturated carbocycles. The Hall–Kier alpha value is -2.14. The Labute approximate surface area is 117 Å². The number of benzene rings is 1. The van der Waals surface area contributed by atoms with Crippen LogP contribution in [0.1, 0.15) is 25.7 Å². The van der Waals surface area contributed by atoms with Gasteiger partial charge in [0.2, 0.25) is 5.91 Å². The van der Waals surface area contributed by atoms with E-state index in [1.165, 1.54) is 0 Å². The van der Waals surface area contributed by atoms with Gasteiger partial charge in [0.05, 0.1) is 5.54 Å². The molecule has 1 heterocycles. The van der Waals surface area contributed by atoms with Gasteiger partial charge >= 0.3 is 0 Å². The molecule has 5 heteroatoms. The lowest BCUT2D eigenvalue weighted by molar-refractivity contribution is -0.121. The number of nitrogens with zero attached hydrogens (tertiary/aromatic N) is 1. The fraction of sp³-hybridized carbons (Fsp3) is 0.333. The predicted octanol–water partition coefficient (Wildman–Crippen LogP) is 2.29. The van der Waals surface area contributed by atoms with Gasteiger partial charge in [-0.1, -0.05) is 12.8 Å². The zero-order valence-electron chi connectivity index (χ0n) is 11.2. The summed E-state index contributed by atoms with van der Waals surface area (Å²) in [6.07, 6.45) is 7.09. The van der Waals surface area contributed by atoms with E-state index in [0.29, 0.717) is 0 Å². The van der Waals surface area contributed by atoms with E-state index in [9.17, 15) is 4.79 Å². The van der Waals surface area contributed by atoms with Gasteiger partial charge in [0.25, 0.3) is 0 Å². The first-order valence-electron chi connectivity index (χ1n) is 6.88. The smallest absolute Gasteiger partial charge is 0.244 e. The lowest BCUT2D eigenvalue weighted by Crippen LogP contribution is -2.48. The first-order valence-corrected chi connectivity index (χ1v) is 6.88. The molecule has 0 unspecified atom stereocenters. The maximum absolute atomic E-state index is 12.2. The van der Waals surface area contributed by atoms with Crippen molar-refractivity contribution in [3.63, 3.8) is 0 Å². The molecule has 1 fully saturated rings. The molecular formula is C15H18N4O. The second-order valence-corrected chi connectivity index (χ2v) is 5.33. The minimum Gasteiger partial charge on any atom is -0.345 e. The minimum atomic E-state index is -0.695. The van der Waals surface area contributed by atoms with Crippen LogP contribution in [0.5, 0.6) is 0 Å². The average molecular weight is 270 g/mol. The third kappa shape index (κ3) is 2.44. The van der Waals surface area contributed by atoms with Crippen LogP contribution in [0.25, 0.3) is 11.4 Å². The molecule has 4 N–H and O–H groups in total. The SMILES string of the molecule is NC1(C(=O)Nc2ccc(-c3ncc[nH]3)cc2)CCCC1. The summed E-state index contributed by atoms with van der Waals surface area (Å²) < 4.78 is 0. The van der Waals surface area contributed by atoms with Crippen molar-refractivity contribution in [2.45, 2.75) is 31.2 Å². The number of carbonyl (C=O) groups excluding carboxylic acids is 1. The molecular weight excluding hydrogens is 252 g/mol. The minimum absolute atomic E-state index is 0.0826. The fourth-order valence-electron chi connectivity index (χ4n) is 2.62. The first-order chi connectivity index (χ1) is 9.67. The standard InChI is InChI=1S/C15H18N4O/c16-15(7-1-2-8-15)14(20)19-12-5-3-11(4-6-12)13-17-9-10-18-13/h3-6,9-10H,1-2,7-8,16H2,(H,17,18)(H,19,20). The van der Waals surface area contributed by atoms with Gasteiger partial charge in [-0.2, -0.15) is 0 Å². The Bertz CT molecular complexity index is 583. The van der Waals surface area contributed by atoms with Crippen LogP contribution in [0.2, 0.25) is 0 Å². The second-order valence-electron chi connectivity index (χ2n) is 5.33. The highest BCUT2D eigenvalue weighted by Gasteiger charge is 2.36. The number of carbonyl (C=O) groups is 1. The van der Waals surface area contributed by atoms with E-state index in [0.717, 1.165) is 42.8 Å². The van der Waals surface area contributed by atoms with E-state index in [2.05, 4.69) is 15.3 Å². The Balaban J connectivity index is 1.71. The predicted molar refractivity (Wildman–Crippen MR) is 78.0 cm³/mol. The van der Waals surface area contributed by atoms with Gasteiger partial charge in [0.15, 0.2) is 0 Å². The van der Waals surface area contributed by atoms with Gasteiger partial charge in [-0.25, -0.2) is 4.98 Å². The van der Waals surface area contributed by atoms with Crippen molar-refractivity contribution in [3.05, 3.63) is 36.7 Å². The van der Waals surface area contributed by atoms with Crippen LogP contribution >= 0.6 is 0 Å². The molecule has 1 aromatic heterocycles. The van der Waals surface area contributed by atoms with E-state index in [1.54, 1.807) is 12.4 Å². The third-order valence-electron chi connectivity index (χ3n) is 3.86. The summed E-state index contributed by atoms with van der Waals surface area (Å²) in [5.74, 6) is 0.731. The Morgan fingerprint density at radius 2 is 1.95 bits per heavy atom. The van der Waals surface area contributed by atoms with E-state index >= 15 is 0 Å². The fourth-order valence-corrected chi connectivity index (χ4v) is 2.62. The Kier molecular flexibility index (Phi) is 3.28. The molecule has 1 aliphatic carbocycles. The lowest BCUT2D eigenvalue weighted by atomic mass is 9.98. The van der Waals surface area contributed by atoms with Crippen LogP contribution in [-0.2, 0) is 4.79 Å². The molecule has 0 radical (unpaired) electrons. The van der Waals surface area contributed by atoms with Gasteiger partial charge < -0.3 is 16.0 Å². The van der Waals surface area contributed by atoms with Crippen molar-refractivity contribution in [3.8, 4) is 11.4 Å². The maximum atomic E-state index is 12.2. The van der Waals surface area contributed by atoms with Crippen molar-refractivity contribution < 1.29 is 4.79 Å². The topological polar surface area (TPSA) is 83.8 Å². The molecule has 3 rings (SSSR count). The summed E-state index contributed by atoms with van der Waals surface area (Å²) >= 11 is 0. The number of anilines is 1. The van der Waals surface area contributed by atoms with E-state index in [4.69, 9.17) is 5.73 Å². The van der Waals surface area contributed by atoms with Crippen molar-refractivity contribution in [2.75, 3.05) is 5.32 Å². The van der Waals surface area contributed by atoms with E-state index in [1.807, 2.05) is 24.3 Å². The quantitative estimate of drug-likeness (QED) is 0.800. The molecule has 2 aromatic rings. The van der Waals surface area contributed by atoms with Crippen LogP contribution < -0.4 is 11.1 Å². The zero-order chi connectivity index (χ0) is 14.0. The molecule has 0 aliphatic heterocycles. The monoisotopic (exact) mass is 270 g/mol. The summed E-state index contributed by atoms with van der Waals surface area (Å²) in [5, 5.41) is 2.90. The molecule has 0 spiro atoms. The van der Waals surface area contributed by atoms with Crippen LogP contribution in [0.3, 0.4) is 0 Å². The van der Waals surface area contributed by atoms with Gasteiger partial charge in [-0.3, -0.25) is 4.79 Å². The molecule has 0 atom stereocenters. The normalized spacial score (nSPS) is 17.1. The summed E-state index contributed by atoms with van der Waals surface area (Å²) in [6.45, 7) is 0. The summed E-state index contributed by atoms with van der Waals surface area (Å²) in [6, 6.07) is 7.58. The number of nitrogens with two attached hydrogens (primary N) is 1. The number of rotatable bonds is 3. The van der Waals surface area contributed by atoms with Gasteiger partial charge in [0, 0.05) is 23.6 Å². The largest absolute Gasteiger partial charge is 0.345 e. The number of imidazole rings is 1. The van der Waals surface area contributed by atoms with Crippen LogP contribution in [-0.4, -0.2) is 21.4 Å². The number of nitrogens with one attached hydrogen (secondary N) is 2. The molecule has 0 bridgehead atoms. The Morgan fingerprint density at radius 1 is 1.25 bits per heavy atom. The molecule has 5 nitrogen and oxygen atoms in total. The Morgan fingerprint density at radius 3 is 2.55 bits per heavy atom. The number of hydrogen-bond acceptors (Lipinski definition) is 3. The van der Waals surface area contributed by atoms with Gasteiger partial charge in [0.1, 0.15) is 5.82 Å². The molecule has 1 aromatic carbocycles. The summed E-state index contributed by atoms with van der Waals surface area (Å²) in [4.78, 5) is 19.4. The number of aromatic nitrogens is 2. The van der Waals surface area contributed by atoms with Crippen molar-refractivity contribution in [2.24, 2.45) is 5.73 Å². The first kappa shape index (κ1) is 12.9. The van der Waals surface area contributed by atoms with Crippen molar-refractivity contribution in [1.82, 2.24) is 9.97 Å². The second kappa shape index (κ2) is 5.09. The summed E-state index contributed by atoms with van der Waals surface area (Å²) in [5.41, 5.74) is 7.18. The molecule has 20 heavy (non-hydrogen) atoms. The maximum Gasteiger partial charge on any atom is 0.244 e. The summed E-state index contributed by atoms with van der Waals surface area (Å²) in [7, 11) is 0. The van der Waals surface area contributed by atoms with Crippen LogP contribution in [0.4, 0.5) is 5.69 Å². The highest BCUT2D eigenvalue weighted by atomic mass is 16.2. The van der Waals surface area contributed by atoms with Gasteiger partial charge in [-0.15, -0.1) is 0 Å². The van der Waals surface area contributed by atoms with E-state index in [-0.39, 0.29) is 5.91 Å². The molecule has 0 saturated heterocycles. The molecule has 1 aliphatic rings. The van der Waals surface area contributed by atoms with Crippen molar-refractivity contribution >= 4 is 11.6 Å². The van der Waals surface area contributed by atoms with Gasteiger partial charge in [-0.05, 0) is 37.1 Å². The van der Waals surface area contributed by atoms with Crippen LogP contribution in [0, 0.1) is 0 Å². The lowest BCUT2D eigenvalue weighted by Gasteiger charge is -2.22. The number of H-pyrrole nitrogens is 1. The zero-order valence-corrected chi connectivity index (χ0v) is 11.2. The number of hydrogen-bond donors (Lipinski definition) is 3. The average Bonchev–Trinajstić information content (AvgIpc) is 3.11. The highest BCUT2D eigenvalue weighted by Crippen LogP contribution is 2.28. The number of aromatic amines is 1. The van der Waals surface area contributed by atoms with Crippen LogP contribution in [0.15, 0.2) is 36.7 Å². The molecule has 104 valence electrons. The highest BCUT2D eigenvalue weighted by molar-refractivity contribution is 5.98. The third-order valence-corrected chi connectivity index (χ3v) is 3.86.